The highest BCUT2D eigenvalue weighted by molar-refractivity contribution is 9.10. The van der Waals surface area contributed by atoms with E-state index >= 15 is 0 Å². The van der Waals surface area contributed by atoms with Crippen molar-refractivity contribution in [3.05, 3.63) is 69.9 Å². The predicted octanol–water partition coefficient (Wildman–Crippen LogP) is 3.99. The Labute approximate surface area is 119 Å². The molecule has 0 unspecified atom stereocenters. The Morgan fingerprint density at radius 1 is 1.16 bits per heavy atom. The van der Waals surface area contributed by atoms with Gasteiger partial charge in [-0.15, -0.1) is 0 Å². The third-order valence-electron chi connectivity index (χ3n) is 2.62. The molecule has 2 nitrogen and oxygen atoms in total. The highest BCUT2D eigenvalue weighted by atomic mass is 79.9. The lowest BCUT2D eigenvalue weighted by atomic mass is 10.2. The topological polar surface area (TPSA) is 26.3 Å². The first-order valence-corrected chi connectivity index (χ1v) is 6.62. The molecule has 0 bridgehead atoms. The van der Waals surface area contributed by atoms with Crippen molar-refractivity contribution in [3.63, 3.8) is 0 Å². The van der Waals surface area contributed by atoms with Crippen LogP contribution in [0.25, 0.3) is 0 Å². The number of benzene rings is 2. The van der Waals surface area contributed by atoms with Gasteiger partial charge in [0.2, 0.25) is 0 Å². The van der Waals surface area contributed by atoms with Crippen molar-refractivity contribution in [1.82, 2.24) is 0 Å². The number of carbonyl (C=O) groups is 1. The standard InChI is InChI=1S/C15H12BrFO2/c16-12-6-7-13(14(17)10-12)15(18)19-9-8-11-4-2-1-3-5-11/h1-7,10H,8-9H2. The SMILES string of the molecule is O=C(OCCc1ccccc1)c1ccc(Br)cc1F. The third kappa shape index (κ3) is 3.89. The summed E-state index contributed by atoms with van der Waals surface area (Å²) < 4.78 is 19.2. The van der Waals surface area contributed by atoms with Gasteiger partial charge in [0.15, 0.2) is 0 Å². The van der Waals surface area contributed by atoms with Crippen LogP contribution in [0.15, 0.2) is 53.0 Å². The molecule has 0 atom stereocenters. The lowest BCUT2D eigenvalue weighted by Gasteiger charge is -2.06. The molecule has 19 heavy (non-hydrogen) atoms. The molecule has 2 aromatic carbocycles. The van der Waals surface area contributed by atoms with Crippen LogP contribution in [-0.4, -0.2) is 12.6 Å². The number of halogens is 2. The van der Waals surface area contributed by atoms with E-state index < -0.39 is 11.8 Å². The number of ether oxygens (including phenoxy) is 1. The highest BCUT2D eigenvalue weighted by Gasteiger charge is 2.13. The Hall–Kier alpha value is -1.68. The quantitative estimate of drug-likeness (QED) is 0.796. The summed E-state index contributed by atoms with van der Waals surface area (Å²) in [5.41, 5.74) is 1.03. The second-order valence-corrected chi connectivity index (χ2v) is 4.91. The van der Waals surface area contributed by atoms with Gasteiger partial charge >= 0.3 is 5.97 Å². The van der Waals surface area contributed by atoms with Crippen LogP contribution < -0.4 is 0 Å². The van der Waals surface area contributed by atoms with Crippen molar-refractivity contribution < 1.29 is 13.9 Å². The maximum Gasteiger partial charge on any atom is 0.341 e. The molecule has 2 rings (SSSR count). The van der Waals surface area contributed by atoms with Crippen molar-refractivity contribution in [2.45, 2.75) is 6.42 Å². The molecule has 98 valence electrons. The summed E-state index contributed by atoms with van der Waals surface area (Å²) in [5, 5.41) is 0. The fraction of sp³-hybridized carbons (Fsp3) is 0.133. The Bertz CT molecular complexity index is 570. The van der Waals surface area contributed by atoms with E-state index in [1.807, 2.05) is 30.3 Å². The summed E-state index contributed by atoms with van der Waals surface area (Å²) in [6.07, 6.45) is 0.616. The van der Waals surface area contributed by atoms with Gasteiger partial charge in [-0.2, -0.15) is 0 Å². The first kappa shape index (κ1) is 13.7. The number of carbonyl (C=O) groups excluding carboxylic acids is 1. The van der Waals surface area contributed by atoms with Gasteiger partial charge in [-0.05, 0) is 23.8 Å². The number of esters is 1. The summed E-state index contributed by atoms with van der Waals surface area (Å²) in [5.74, 6) is -1.22. The van der Waals surface area contributed by atoms with Gasteiger partial charge in [0.25, 0.3) is 0 Å². The molecule has 0 fully saturated rings. The fourth-order valence-corrected chi connectivity index (χ4v) is 1.97. The highest BCUT2D eigenvalue weighted by Crippen LogP contribution is 2.16. The molecule has 0 saturated carbocycles. The Kier molecular flexibility index (Phi) is 4.68. The molecular weight excluding hydrogens is 311 g/mol. The van der Waals surface area contributed by atoms with Crippen LogP contribution in [-0.2, 0) is 11.2 Å². The van der Waals surface area contributed by atoms with Crippen molar-refractivity contribution in [2.75, 3.05) is 6.61 Å². The van der Waals surface area contributed by atoms with Crippen molar-refractivity contribution in [3.8, 4) is 0 Å². The van der Waals surface area contributed by atoms with Crippen LogP contribution in [0.5, 0.6) is 0 Å². The first-order chi connectivity index (χ1) is 9.16. The second-order valence-electron chi connectivity index (χ2n) is 4.00. The Morgan fingerprint density at radius 2 is 1.89 bits per heavy atom. The average Bonchev–Trinajstić information content (AvgIpc) is 2.39. The lowest BCUT2D eigenvalue weighted by molar-refractivity contribution is 0.0504. The van der Waals surface area contributed by atoms with Gasteiger partial charge in [0.1, 0.15) is 5.82 Å². The molecule has 0 aliphatic carbocycles. The van der Waals surface area contributed by atoms with Crippen molar-refractivity contribution in [1.29, 1.82) is 0 Å². The van der Waals surface area contributed by atoms with E-state index in [1.165, 1.54) is 12.1 Å². The summed E-state index contributed by atoms with van der Waals surface area (Å²) in [7, 11) is 0. The van der Waals surface area contributed by atoms with Crippen LogP contribution >= 0.6 is 15.9 Å². The van der Waals surface area contributed by atoms with E-state index in [1.54, 1.807) is 6.07 Å². The van der Waals surface area contributed by atoms with E-state index in [-0.39, 0.29) is 12.2 Å². The van der Waals surface area contributed by atoms with Crippen LogP contribution in [0.3, 0.4) is 0 Å². The van der Waals surface area contributed by atoms with Gasteiger partial charge in [0, 0.05) is 10.9 Å². The summed E-state index contributed by atoms with van der Waals surface area (Å²) in [4.78, 5) is 11.7. The van der Waals surface area contributed by atoms with E-state index in [0.717, 1.165) is 5.56 Å². The molecule has 0 aliphatic rings. The first-order valence-electron chi connectivity index (χ1n) is 5.83. The van der Waals surface area contributed by atoms with Gasteiger partial charge in [-0.1, -0.05) is 46.3 Å². The van der Waals surface area contributed by atoms with Gasteiger partial charge in [0.05, 0.1) is 12.2 Å². The van der Waals surface area contributed by atoms with E-state index in [0.29, 0.717) is 10.9 Å². The zero-order chi connectivity index (χ0) is 13.7. The monoisotopic (exact) mass is 322 g/mol. The molecule has 0 spiro atoms. The summed E-state index contributed by atoms with van der Waals surface area (Å²) in [6.45, 7) is 0.234. The van der Waals surface area contributed by atoms with Gasteiger partial charge < -0.3 is 4.74 Å². The Morgan fingerprint density at radius 3 is 2.58 bits per heavy atom. The maximum absolute atomic E-state index is 13.5. The van der Waals surface area contributed by atoms with Crippen LogP contribution in [0.2, 0.25) is 0 Å². The number of hydrogen-bond acceptors (Lipinski definition) is 2. The minimum atomic E-state index is -0.638. The molecule has 4 heteroatoms. The van der Waals surface area contributed by atoms with Gasteiger partial charge in [-0.3, -0.25) is 0 Å². The van der Waals surface area contributed by atoms with Gasteiger partial charge in [-0.25, -0.2) is 9.18 Å². The number of rotatable bonds is 4. The van der Waals surface area contributed by atoms with E-state index in [9.17, 15) is 9.18 Å². The molecule has 0 N–H and O–H groups in total. The molecule has 0 heterocycles. The van der Waals surface area contributed by atoms with Crippen LogP contribution in [0.4, 0.5) is 4.39 Å². The predicted molar refractivity (Wildman–Crippen MR) is 74.5 cm³/mol. The van der Waals surface area contributed by atoms with Crippen LogP contribution in [0.1, 0.15) is 15.9 Å². The number of hydrogen-bond donors (Lipinski definition) is 0. The molecule has 0 aromatic heterocycles. The molecular formula is C15H12BrFO2. The largest absolute Gasteiger partial charge is 0.462 e. The van der Waals surface area contributed by atoms with Crippen LogP contribution in [0, 0.1) is 5.82 Å². The third-order valence-corrected chi connectivity index (χ3v) is 3.11. The summed E-state index contributed by atoms with van der Waals surface area (Å²) in [6, 6.07) is 13.9. The van der Waals surface area contributed by atoms with Crippen molar-refractivity contribution in [2.24, 2.45) is 0 Å². The minimum Gasteiger partial charge on any atom is -0.462 e. The normalized spacial score (nSPS) is 10.2. The zero-order valence-corrected chi connectivity index (χ0v) is 11.7. The molecule has 0 aliphatic heterocycles. The maximum atomic E-state index is 13.5. The second kappa shape index (κ2) is 6.48. The molecule has 0 radical (unpaired) electrons. The minimum absolute atomic E-state index is 0.0451. The Balaban J connectivity index is 1.91. The fourth-order valence-electron chi connectivity index (χ4n) is 1.64. The zero-order valence-electron chi connectivity index (χ0n) is 10.1. The molecule has 0 saturated heterocycles. The van der Waals surface area contributed by atoms with E-state index in [4.69, 9.17) is 4.74 Å². The molecule has 2 aromatic rings. The summed E-state index contributed by atoms with van der Waals surface area (Å²) >= 11 is 3.14. The average molecular weight is 323 g/mol. The van der Waals surface area contributed by atoms with Crippen molar-refractivity contribution >= 4 is 21.9 Å². The smallest absolute Gasteiger partial charge is 0.341 e. The van der Waals surface area contributed by atoms with E-state index in [2.05, 4.69) is 15.9 Å². The lowest BCUT2D eigenvalue weighted by Crippen LogP contribution is -2.10. The molecule has 0 amide bonds.